The lowest BCUT2D eigenvalue weighted by molar-refractivity contribution is 0.391. The van der Waals surface area contributed by atoms with Crippen molar-refractivity contribution < 1.29 is 17.9 Å². The number of hydrogen-bond donors (Lipinski definition) is 2. The topological polar surface area (TPSA) is 146 Å². The van der Waals surface area contributed by atoms with Crippen molar-refractivity contribution in [3.63, 3.8) is 0 Å². The number of sulfonamides is 1. The van der Waals surface area contributed by atoms with E-state index in [1.165, 1.54) is 20.6 Å². The number of anilines is 2. The summed E-state index contributed by atoms with van der Waals surface area (Å²) >= 11 is 0. The van der Waals surface area contributed by atoms with E-state index in [4.69, 9.17) is 14.5 Å². The van der Waals surface area contributed by atoms with Crippen LogP contribution < -0.4 is 19.5 Å². The summed E-state index contributed by atoms with van der Waals surface area (Å²) < 4.78 is 43.2. The average molecular weight is 605 g/mol. The Hall–Kier alpha value is -4.26. The van der Waals surface area contributed by atoms with Crippen LogP contribution in [0.15, 0.2) is 48.8 Å². The standard InChI is InChI=1S/C30H36N8O4S/c1-18(28-31-16-21(17-32-28)20-14-15-20)19(2)43(39,40)37-30-36-35-29(23-10-6-13-26(34-23)33-22-8-5-9-22)38(30)27-24(41-3)11-7-12-25(27)42-4/h6-7,10-13,16-20,22H,5,8-9,14-15H2,1-4H3,(H,33,34)(H,36,37)/t18-,19-/m0/s1. The fourth-order valence-corrected chi connectivity index (χ4v) is 6.32. The van der Waals surface area contributed by atoms with Gasteiger partial charge in [0.2, 0.25) is 16.0 Å². The quantitative estimate of drug-likeness (QED) is 0.229. The summed E-state index contributed by atoms with van der Waals surface area (Å²) in [5.41, 5.74) is 2.03. The molecule has 13 heteroatoms. The Kier molecular flexibility index (Phi) is 7.91. The third-order valence-corrected chi connectivity index (χ3v) is 10.2. The van der Waals surface area contributed by atoms with Gasteiger partial charge in [-0.25, -0.2) is 23.4 Å². The Morgan fingerprint density at radius 1 is 0.930 bits per heavy atom. The minimum Gasteiger partial charge on any atom is -0.494 e. The molecule has 0 amide bonds. The zero-order valence-corrected chi connectivity index (χ0v) is 25.5. The molecule has 0 aliphatic heterocycles. The highest BCUT2D eigenvalue weighted by atomic mass is 32.2. The number of rotatable bonds is 12. The lowest BCUT2D eigenvalue weighted by atomic mass is 9.93. The molecule has 0 spiro atoms. The molecule has 0 unspecified atom stereocenters. The smallest absolute Gasteiger partial charge is 0.243 e. The molecule has 12 nitrogen and oxygen atoms in total. The average Bonchev–Trinajstić information content (AvgIpc) is 3.78. The molecule has 2 fully saturated rings. The van der Waals surface area contributed by atoms with Gasteiger partial charge < -0.3 is 14.8 Å². The highest BCUT2D eigenvalue weighted by molar-refractivity contribution is 7.93. The lowest BCUT2D eigenvalue weighted by Gasteiger charge is -2.27. The maximum Gasteiger partial charge on any atom is 0.243 e. The second-order valence-corrected chi connectivity index (χ2v) is 13.2. The highest BCUT2D eigenvalue weighted by Crippen LogP contribution is 2.40. The van der Waals surface area contributed by atoms with E-state index in [9.17, 15) is 8.42 Å². The summed E-state index contributed by atoms with van der Waals surface area (Å²) in [5.74, 6) is 2.38. The molecule has 2 atom stereocenters. The summed E-state index contributed by atoms with van der Waals surface area (Å²) in [5, 5.41) is 11.3. The van der Waals surface area contributed by atoms with Crippen molar-refractivity contribution in [1.82, 2.24) is 29.7 Å². The van der Waals surface area contributed by atoms with Crippen molar-refractivity contribution in [2.24, 2.45) is 0 Å². The number of pyridine rings is 1. The molecular formula is C30H36N8O4S. The number of methoxy groups -OCH3 is 2. The Labute approximate surface area is 251 Å². The molecule has 3 aromatic heterocycles. The van der Waals surface area contributed by atoms with E-state index in [2.05, 4.69) is 30.2 Å². The van der Waals surface area contributed by atoms with E-state index in [0.717, 1.165) is 31.2 Å². The Balaban J connectivity index is 1.38. The summed E-state index contributed by atoms with van der Waals surface area (Å²) in [6.07, 6.45) is 9.28. The van der Waals surface area contributed by atoms with Crippen LogP contribution in [0.2, 0.25) is 0 Å². The highest BCUT2D eigenvalue weighted by Gasteiger charge is 2.33. The Bertz CT molecular complexity index is 1680. The van der Waals surface area contributed by atoms with Gasteiger partial charge in [-0.1, -0.05) is 19.1 Å². The van der Waals surface area contributed by atoms with Crippen LogP contribution in [0.5, 0.6) is 11.5 Å². The molecule has 2 aliphatic carbocycles. The fourth-order valence-electron chi connectivity index (χ4n) is 5.09. The second kappa shape index (κ2) is 11.8. The Morgan fingerprint density at radius 3 is 2.21 bits per heavy atom. The van der Waals surface area contributed by atoms with E-state index < -0.39 is 21.2 Å². The first-order chi connectivity index (χ1) is 20.8. The third kappa shape index (κ3) is 5.85. The predicted octanol–water partition coefficient (Wildman–Crippen LogP) is 4.91. The summed E-state index contributed by atoms with van der Waals surface area (Å²) in [7, 11) is -0.934. The van der Waals surface area contributed by atoms with Gasteiger partial charge >= 0.3 is 0 Å². The first-order valence-corrected chi connectivity index (χ1v) is 16.1. The molecule has 1 aromatic carbocycles. The van der Waals surface area contributed by atoms with Crippen LogP contribution in [-0.4, -0.2) is 63.6 Å². The van der Waals surface area contributed by atoms with Crippen LogP contribution in [0.25, 0.3) is 17.2 Å². The van der Waals surface area contributed by atoms with Gasteiger partial charge in [-0.05, 0) is 74.8 Å². The van der Waals surface area contributed by atoms with Gasteiger partial charge in [0.15, 0.2) is 5.82 Å². The maximum absolute atomic E-state index is 13.8. The van der Waals surface area contributed by atoms with E-state index >= 15 is 0 Å². The van der Waals surface area contributed by atoms with Crippen molar-refractivity contribution in [2.45, 2.75) is 69.1 Å². The van der Waals surface area contributed by atoms with Gasteiger partial charge in [-0.15, -0.1) is 10.2 Å². The zero-order valence-electron chi connectivity index (χ0n) is 24.7. The minimum absolute atomic E-state index is 0.0268. The van der Waals surface area contributed by atoms with Crippen LogP contribution in [0.3, 0.4) is 0 Å². The van der Waals surface area contributed by atoms with Gasteiger partial charge in [0.05, 0.1) is 19.5 Å². The second-order valence-electron chi connectivity index (χ2n) is 11.2. The number of hydrogen-bond acceptors (Lipinski definition) is 10. The molecule has 3 heterocycles. The van der Waals surface area contributed by atoms with Gasteiger partial charge in [-0.3, -0.25) is 9.29 Å². The number of para-hydroxylation sites is 1. The summed E-state index contributed by atoms with van der Waals surface area (Å²) in [6.45, 7) is 3.44. The SMILES string of the molecule is COc1cccc(OC)c1-n1c(NS(=O)(=O)[C@@H](C)[C@H](C)c2ncc(C3CC3)cn2)nnc1-c1cccc(NC2CCC2)n1. The van der Waals surface area contributed by atoms with E-state index in [1.54, 1.807) is 55.1 Å². The van der Waals surface area contributed by atoms with Crippen LogP contribution >= 0.6 is 0 Å². The molecule has 0 saturated heterocycles. The lowest BCUT2D eigenvalue weighted by Crippen LogP contribution is -2.31. The largest absolute Gasteiger partial charge is 0.494 e. The normalized spacial score (nSPS) is 16.7. The molecule has 43 heavy (non-hydrogen) atoms. The van der Waals surface area contributed by atoms with E-state index in [0.29, 0.717) is 52.3 Å². The van der Waals surface area contributed by atoms with Gasteiger partial charge in [0, 0.05) is 24.4 Å². The number of nitrogens with zero attached hydrogens (tertiary/aromatic N) is 6. The van der Waals surface area contributed by atoms with Crippen molar-refractivity contribution in [3.8, 4) is 28.7 Å². The van der Waals surface area contributed by atoms with Gasteiger partial charge in [0.25, 0.3) is 0 Å². The first kappa shape index (κ1) is 28.8. The zero-order chi connectivity index (χ0) is 30.1. The monoisotopic (exact) mass is 604 g/mol. The van der Waals surface area contributed by atoms with Crippen molar-refractivity contribution in [1.29, 1.82) is 0 Å². The number of benzene rings is 1. The molecular weight excluding hydrogens is 568 g/mol. The molecule has 2 aliphatic rings. The number of nitrogens with one attached hydrogen (secondary N) is 2. The minimum atomic E-state index is -4.00. The predicted molar refractivity (Wildman–Crippen MR) is 163 cm³/mol. The van der Waals surface area contributed by atoms with Crippen LogP contribution in [0, 0.1) is 0 Å². The van der Waals surface area contributed by atoms with Crippen molar-refractivity contribution in [3.05, 3.63) is 60.2 Å². The Morgan fingerprint density at radius 2 is 1.60 bits per heavy atom. The molecule has 226 valence electrons. The molecule has 2 saturated carbocycles. The number of aromatic nitrogens is 6. The van der Waals surface area contributed by atoms with Gasteiger partial charge in [-0.2, -0.15) is 0 Å². The summed E-state index contributed by atoms with van der Waals surface area (Å²) in [4.78, 5) is 13.8. The van der Waals surface area contributed by atoms with Gasteiger partial charge in [0.1, 0.15) is 34.5 Å². The van der Waals surface area contributed by atoms with Crippen LogP contribution in [-0.2, 0) is 10.0 Å². The first-order valence-electron chi connectivity index (χ1n) is 14.5. The molecule has 4 aromatic rings. The van der Waals surface area contributed by atoms with Crippen LogP contribution in [0.1, 0.15) is 69.2 Å². The fraction of sp³-hybridized carbons (Fsp3) is 0.433. The number of ether oxygens (including phenoxy) is 2. The molecule has 2 N–H and O–H groups in total. The van der Waals surface area contributed by atoms with E-state index in [1.807, 2.05) is 12.1 Å². The molecule has 0 bridgehead atoms. The molecule has 6 rings (SSSR count). The third-order valence-electron chi connectivity index (χ3n) is 8.30. The van der Waals surface area contributed by atoms with Crippen LogP contribution in [0.4, 0.5) is 11.8 Å². The molecule has 0 radical (unpaired) electrons. The summed E-state index contributed by atoms with van der Waals surface area (Å²) in [6, 6.07) is 11.3. The van der Waals surface area contributed by atoms with Crippen molar-refractivity contribution >= 4 is 21.8 Å². The van der Waals surface area contributed by atoms with E-state index in [-0.39, 0.29) is 5.95 Å². The van der Waals surface area contributed by atoms with Crippen molar-refractivity contribution in [2.75, 3.05) is 24.3 Å². The maximum atomic E-state index is 13.8.